The first-order valence-electron chi connectivity index (χ1n) is 9.50. The Balaban J connectivity index is 1.75. The van der Waals surface area contributed by atoms with E-state index in [1.807, 2.05) is 6.07 Å². The van der Waals surface area contributed by atoms with Crippen molar-refractivity contribution in [3.63, 3.8) is 0 Å². The molecular formula is C21H19N5O4. The number of ether oxygens (including phenoxy) is 1. The van der Waals surface area contributed by atoms with Gasteiger partial charge in [0.15, 0.2) is 0 Å². The van der Waals surface area contributed by atoms with Crippen molar-refractivity contribution < 1.29 is 14.6 Å². The molecule has 1 aliphatic heterocycles. The molecule has 0 aliphatic carbocycles. The van der Waals surface area contributed by atoms with Crippen molar-refractivity contribution in [2.75, 3.05) is 32.8 Å². The number of pyridine rings is 3. The maximum Gasteiger partial charge on any atom is 0.341 e. The number of aromatic nitrogens is 3. The van der Waals surface area contributed by atoms with Crippen molar-refractivity contribution in [3.05, 3.63) is 58.1 Å². The number of nitriles is 1. The fourth-order valence-electron chi connectivity index (χ4n) is 3.46. The lowest BCUT2D eigenvalue weighted by atomic mass is 10.1. The van der Waals surface area contributed by atoms with Gasteiger partial charge in [0.1, 0.15) is 17.3 Å². The third-order valence-electron chi connectivity index (χ3n) is 5.09. The van der Waals surface area contributed by atoms with E-state index in [-0.39, 0.29) is 5.56 Å². The Morgan fingerprint density at radius 1 is 1.17 bits per heavy atom. The molecule has 0 bridgehead atoms. The molecule has 0 spiro atoms. The summed E-state index contributed by atoms with van der Waals surface area (Å²) in [5.41, 5.74) is 1.28. The number of nitrogens with zero attached hydrogens (tertiary/aromatic N) is 5. The number of carboxylic acid groups (broad SMARTS) is 1. The van der Waals surface area contributed by atoms with Gasteiger partial charge < -0.3 is 9.84 Å². The van der Waals surface area contributed by atoms with Crippen molar-refractivity contribution in [1.29, 1.82) is 5.26 Å². The van der Waals surface area contributed by atoms with Crippen LogP contribution in [0.2, 0.25) is 0 Å². The number of morpholine rings is 1. The van der Waals surface area contributed by atoms with Crippen LogP contribution in [0.5, 0.6) is 0 Å². The van der Waals surface area contributed by atoms with E-state index in [2.05, 4.69) is 14.9 Å². The second kappa shape index (κ2) is 8.41. The quantitative estimate of drug-likeness (QED) is 0.675. The van der Waals surface area contributed by atoms with E-state index in [1.165, 1.54) is 16.8 Å². The molecule has 0 radical (unpaired) electrons. The lowest BCUT2D eigenvalue weighted by Gasteiger charge is -2.26. The number of carboxylic acids is 1. The van der Waals surface area contributed by atoms with E-state index in [0.29, 0.717) is 54.2 Å². The van der Waals surface area contributed by atoms with E-state index in [0.717, 1.165) is 13.1 Å². The molecule has 1 fully saturated rings. The Morgan fingerprint density at radius 3 is 2.63 bits per heavy atom. The number of carbonyl (C=O) groups is 1. The second-order valence-electron chi connectivity index (χ2n) is 6.95. The first kappa shape index (κ1) is 19.7. The van der Waals surface area contributed by atoms with Crippen LogP contribution in [0.1, 0.15) is 15.9 Å². The molecule has 9 nitrogen and oxygen atoms in total. The summed E-state index contributed by atoms with van der Waals surface area (Å²) in [5, 5.41) is 19.0. The van der Waals surface area contributed by atoms with E-state index in [1.54, 1.807) is 24.4 Å². The minimum absolute atomic E-state index is 0.295. The van der Waals surface area contributed by atoms with Gasteiger partial charge in [-0.1, -0.05) is 0 Å². The van der Waals surface area contributed by atoms with Crippen molar-refractivity contribution in [2.45, 2.75) is 6.54 Å². The summed E-state index contributed by atoms with van der Waals surface area (Å²) in [5.74, 6) is -1.27. The standard InChI is InChI=1S/C21H19N5O4/c22-11-14-1-2-18(23-12-14)16-9-15-10-17(21(28)29)20(27)26(19(15)24-13-16)4-3-25-5-7-30-8-6-25/h1-2,9-10,12-13H,3-8H2,(H,28,29). The highest BCUT2D eigenvalue weighted by Crippen LogP contribution is 2.21. The van der Waals surface area contributed by atoms with Crippen molar-refractivity contribution >= 4 is 17.0 Å². The molecular weight excluding hydrogens is 386 g/mol. The highest BCUT2D eigenvalue weighted by molar-refractivity contribution is 5.92. The van der Waals surface area contributed by atoms with Crippen LogP contribution in [0, 0.1) is 11.3 Å². The SMILES string of the molecule is N#Cc1ccc(-c2cnc3c(c2)cc(C(=O)O)c(=O)n3CCN2CCOCC2)nc1. The van der Waals surface area contributed by atoms with Crippen LogP contribution in [0.15, 0.2) is 41.5 Å². The molecule has 4 heterocycles. The monoisotopic (exact) mass is 405 g/mol. The molecule has 0 aromatic carbocycles. The Kier molecular flexibility index (Phi) is 5.52. The van der Waals surface area contributed by atoms with Gasteiger partial charge in [-0.15, -0.1) is 0 Å². The van der Waals surface area contributed by atoms with Gasteiger partial charge in [0.25, 0.3) is 5.56 Å². The molecule has 0 unspecified atom stereocenters. The van der Waals surface area contributed by atoms with Crippen LogP contribution in [0.25, 0.3) is 22.3 Å². The van der Waals surface area contributed by atoms with Crippen LogP contribution in [-0.2, 0) is 11.3 Å². The fraction of sp³-hybridized carbons (Fsp3) is 0.286. The summed E-state index contributed by atoms with van der Waals surface area (Å²) >= 11 is 0. The van der Waals surface area contributed by atoms with Crippen LogP contribution >= 0.6 is 0 Å². The molecule has 9 heteroatoms. The molecule has 30 heavy (non-hydrogen) atoms. The van der Waals surface area contributed by atoms with Gasteiger partial charge in [0.05, 0.1) is 24.5 Å². The minimum atomic E-state index is -1.27. The highest BCUT2D eigenvalue weighted by atomic mass is 16.5. The third-order valence-corrected chi connectivity index (χ3v) is 5.09. The number of hydrogen-bond donors (Lipinski definition) is 1. The zero-order chi connectivity index (χ0) is 21.1. The molecule has 0 saturated carbocycles. The number of fused-ring (bicyclic) bond motifs is 1. The summed E-state index contributed by atoms with van der Waals surface area (Å²) in [4.78, 5) is 35.3. The molecule has 4 rings (SSSR count). The summed E-state index contributed by atoms with van der Waals surface area (Å²) in [6.45, 7) is 3.76. The van der Waals surface area contributed by atoms with Gasteiger partial charge >= 0.3 is 5.97 Å². The van der Waals surface area contributed by atoms with Crippen LogP contribution in [0.3, 0.4) is 0 Å². The number of aromatic carboxylic acids is 1. The van der Waals surface area contributed by atoms with Crippen LogP contribution in [-0.4, -0.2) is 63.4 Å². The van der Waals surface area contributed by atoms with Crippen LogP contribution < -0.4 is 5.56 Å². The molecule has 0 atom stereocenters. The van der Waals surface area contributed by atoms with Crippen LogP contribution in [0.4, 0.5) is 0 Å². The lowest BCUT2D eigenvalue weighted by molar-refractivity contribution is 0.0364. The normalized spacial score (nSPS) is 14.5. The second-order valence-corrected chi connectivity index (χ2v) is 6.95. The van der Waals surface area contributed by atoms with E-state index in [9.17, 15) is 14.7 Å². The topological polar surface area (TPSA) is 121 Å². The molecule has 152 valence electrons. The Hall–Kier alpha value is -3.61. The summed E-state index contributed by atoms with van der Waals surface area (Å²) in [6.07, 6.45) is 3.06. The minimum Gasteiger partial charge on any atom is -0.477 e. The average molecular weight is 405 g/mol. The summed E-state index contributed by atoms with van der Waals surface area (Å²) in [7, 11) is 0. The summed E-state index contributed by atoms with van der Waals surface area (Å²) in [6, 6.07) is 8.48. The van der Waals surface area contributed by atoms with E-state index < -0.39 is 11.5 Å². The van der Waals surface area contributed by atoms with Gasteiger partial charge in [0.2, 0.25) is 0 Å². The van der Waals surface area contributed by atoms with Crippen molar-refractivity contribution in [2.24, 2.45) is 0 Å². The number of hydrogen-bond acceptors (Lipinski definition) is 7. The van der Waals surface area contributed by atoms with Gasteiger partial charge in [-0.05, 0) is 24.3 Å². The number of rotatable bonds is 5. The predicted molar refractivity (Wildman–Crippen MR) is 108 cm³/mol. The zero-order valence-electron chi connectivity index (χ0n) is 16.1. The maximum absolute atomic E-state index is 12.8. The first-order chi connectivity index (χ1) is 14.6. The van der Waals surface area contributed by atoms with E-state index >= 15 is 0 Å². The zero-order valence-corrected chi connectivity index (χ0v) is 16.1. The van der Waals surface area contributed by atoms with Gasteiger partial charge in [-0.3, -0.25) is 19.2 Å². The fourth-order valence-corrected chi connectivity index (χ4v) is 3.46. The Morgan fingerprint density at radius 2 is 1.97 bits per heavy atom. The Bertz CT molecular complexity index is 1190. The molecule has 0 amide bonds. The van der Waals surface area contributed by atoms with Gasteiger partial charge in [-0.2, -0.15) is 5.26 Å². The van der Waals surface area contributed by atoms with Gasteiger partial charge in [0, 0.05) is 49.5 Å². The maximum atomic E-state index is 12.8. The Labute approximate surface area is 171 Å². The molecule has 1 saturated heterocycles. The third kappa shape index (κ3) is 3.91. The van der Waals surface area contributed by atoms with Crippen molar-refractivity contribution in [3.8, 4) is 17.3 Å². The highest BCUT2D eigenvalue weighted by Gasteiger charge is 2.18. The first-order valence-corrected chi connectivity index (χ1v) is 9.50. The summed E-state index contributed by atoms with van der Waals surface area (Å²) < 4.78 is 6.76. The molecule has 1 aliphatic rings. The smallest absolute Gasteiger partial charge is 0.341 e. The van der Waals surface area contributed by atoms with E-state index in [4.69, 9.17) is 10.00 Å². The van der Waals surface area contributed by atoms with Gasteiger partial charge in [-0.25, -0.2) is 9.78 Å². The lowest BCUT2D eigenvalue weighted by Crippen LogP contribution is -2.39. The predicted octanol–water partition coefficient (Wildman–Crippen LogP) is 1.36. The largest absolute Gasteiger partial charge is 0.477 e. The molecule has 3 aromatic heterocycles. The average Bonchev–Trinajstić information content (AvgIpc) is 2.78. The molecule has 1 N–H and O–H groups in total. The molecule has 3 aromatic rings. The van der Waals surface area contributed by atoms with Crippen molar-refractivity contribution in [1.82, 2.24) is 19.4 Å².